The van der Waals surface area contributed by atoms with Crippen LogP contribution in [0.1, 0.15) is 30.1 Å². The van der Waals surface area contributed by atoms with Crippen LogP contribution in [0.4, 0.5) is 8.78 Å². The molecule has 0 radical (unpaired) electrons. The molecule has 3 heteroatoms. The lowest BCUT2D eigenvalue weighted by Gasteiger charge is -2.07. The van der Waals surface area contributed by atoms with Gasteiger partial charge in [-0.3, -0.25) is 4.79 Å². The van der Waals surface area contributed by atoms with E-state index >= 15 is 0 Å². The Kier molecular flexibility index (Phi) is 1.91. The number of hydrogen-bond donors (Lipinski definition) is 0. The van der Waals surface area contributed by atoms with Crippen molar-refractivity contribution in [1.29, 1.82) is 0 Å². The van der Waals surface area contributed by atoms with Crippen LogP contribution < -0.4 is 0 Å². The lowest BCUT2D eigenvalue weighted by molar-refractivity contribution is 0.0908. The lowest BCUT2D eigenvalue weighted by atomic mass is 9.96. The van der Waals surface area contributed by atoms with Crippen molar-refractivity contribution < 1.29 is 13.6 Å². The molecule has 0 aromatic heterocycles. The minimum absolute atomic E-state index is 0.120. The summed E-state index contributed by atoms with van der Waals surface area (Å²) in [5, 5.41) is 0. The van der Waals surface area contributed by atoms with E-state index in [0.717, 1.165) is 31.0 Å². The Bertz CT molecular complexity index is 394. The molecule has 0 amide bonds. The summed E-state index contributed by atoms with van der Waals surface area (Å²) in [7, 11) is 0. The Morgan fingerprint density at radius 2 is 2.00 bits per heavy atom. The van der Waals surface area contributed by atoms with E-state index in [9.17, 15) is 13.6 Å². The van der Waals surface area contributed by atoms with Crippen molar-refractivity contribution in [3.05, 3.63) is 35.4 Å². The van der Waals surface area contributed by atoms with Crippen molar-refractivity contribution in [2.75, 3.05) is 0 Å². The van der Waals surface area contributed by atoms with Crippen molar-refractivity contribution in [1.82, 2.24) is 0 Å². The van der Waals surface area contributed by atoms with Crippen LogP contribution in [0.15, 0.2) is 18.2 Å². The zero-order valence-corrected chi connectivity index (χ0v) is 7.81. The average Bonchev–Trinajstić information content (AvgIpc) is 2.88. The van der Waals surface area contributed by atoms with Crippen LogP contribution in [0.3, 0.4) is 0 Å². The topological polar surface area (TPSA) is 17.1 Å². The van der Waals surface area contributed by atoms with Gasteiger partial charge in [-0.15, -0.1) is 0 Å². The fourth-order valence-corrected chi connectivity index (χ4v) is 1.41. The van der Waals surface area contributed by atoms with Gasteiger partial charge < -0.3 is 0 Å². The summed E-state index contributed by atoms with van der Waals surface area (Å²) in [5.74, 6) is -1.49. The summed E-state index contributed by atoms with van der Waals surface area (Å²) in [4.78, 5) is 11.7. The Morgan fingerprint density at radius 3 is 2.57 bits per heavy atom. The second-order valence-electron chi connectivity index (χ2n) is 4.01. The molecule has 0 heterocycles. The van der Waals surface area contributed by atoms with E-state index in [0.29, 0.717) is 0 Å². The summed E-state index contributed by atoms with van der Waals surface area (Å²) >= 11 is 0. The highest BCUT2D eigenvalue weighted by Crippen LogP contribution is 2.47. The molecule has 0 unspecified atom stereocenters. The molecule has 74 valence electrons. The van der Waals surface area contributed by atoms with Crippen molar-refractivity contribution in [2.45, 2.75) is 19.8 Å². The van der Waals surface area contributed by atoms with Crippen LogP contribution in [0.5, 0.6) is 0 Å². The van der Waals surface area contributed by atoms with Crippen molar-refractivity contribution in [3.63, 3.8) is 0 Å². The largest absolute Gasteiger partial charge is 0.293 e. The van der Waals surface area contributed by atoms with Gasteiger partial charge in [-0.05, 0) is 31.0 Å². The maximum atomic E-state index is 13.2. The van der Waals surface area contributed by atoms with E-state index < -0.39 is 17.0 Å². The second-order valence-corrected chi connectivity index (χ2v) is 4.01. The molecule has 1 fully saturated rings. The van der Waals surface area contributed by atoms with Crippen LogP contribution >= 0.6 is 0 Å². The number of Topliss-reactive ketones (excluding diaryl/α,β-unsaturated/α-hetero) is 1. The number of ketones is 1. The van der Waals surface area contributed by atoms with Gasteiger partial charge >= 0.3 is 0 Å². The first-order chi connectivity index (χ1) is 6.53. The van der Waals surface area contributed by atoms with Crippen molar-refractivity contribution in [3.8, 4) is 0 Å². The Hall–Kier alpha value is -1.25. The third-order valence-electron chi connectivity index (χ3n) is 2.72. The van der Waals surface area contributed by atoms with Gasteiger partial charge in [0.1, 0.15) is 11.6 Å². The number of carbonyl (C=O) groups is 1. The van der Waals surface area contributed by atoms with Gasteiger partial charge in [-0.1, -0.05) is 6.92 Å². The molecule has 14 heavy (non-hydrogen) atoms. The van der Waals surface area contributed by atoms with Gasteiger partial charge in [-0.2, -0.15) is 0 Å². The number of rotatable bonds is 2. The summed E-state index contributed by atoms with van der Waals surface area (Å²) in [6, 6.07) is 2.98. The molecule has 0 aliphatic heterocycles. The van der Waals surface area contributed by atoms with E-state index in [1.165, 1.54) is 0 Å². The minimum atomic E-state index is -0.635. The average molecular weight is 196 g/mol. The first-order valence-corrected chi connectivity index (χ1v) is 4.53. The first kappa shape index (κ1) is 9.31. The second kappa shape index (κ2) is 2.87. The molecule has 1 aromatic carbocycles. The first-order valence-electron chi connectivity index (χ1n) is 4.53. The smallest absolute Gasteiger partial charge is 0.171 e. The molecule has 0 spiro atoms. The van der Waals surface area contributed by atoms with E-state index in [1.54, 1.807) is 6.92 Å². The molecule has 1 nitrogen and oxygen atoms in total. The van der Waals surface area contributed by atoms with Gasteiger partial charge in [0.25, 0.3) is 0 Å². The van der Waals surface area contributed by atoms with Crippen molar-refractivity contribution in [2.24, 2.45) is 5.41 Å². The third-order valence-corrected chi connectivity index (χ3v) is 2.72. The quantitative estimate of drug-likeness (QED) is 0.664. The number of benzene rings is 1. The number of hydrogen-bond acceptors (Lipinski definition) is 1. The molecule has 1 aliphatic carbocycles. The summed E-state index contributed by atoms with van der Waals surface area (Å²) in [6.07, 6.45) is 1.53. The SMILES string of the molecule is CC1(C(=O)c2cc(F)ccc2F)CC1. The van der Waals surface area contributed by atoms with E-state index in [-0.39, 0.29) is 11.3 Å². The lowest BCUT2D eigenvalue weighted by Crippen LogP contribution is -2.14. The summed E-state index contributed by atoms with van der Waals surface area (Å²) in [6.45, 7) is 1.78. The van der Waals surface area contributed by atoms with Gasteiger partial charge in [0.2, 0.25) is 0 Å². The predicted octanol–water partition coefficient (Wildman–Crippen LogP) is 2.95. The van der Waals surface area contributed by atoms with Crippen LogP contribution in [-0.2, 0) is 0 Å². The molecule has 2 rings (SSSR count). The molecule has 0 N–H and O–H groups in total. The van der Waals surface area contributed by atoms with Gasteiger partial charge in [0, 0.05) is 5.41 Å². The molecular weight excluding hydrogens is 186 g/mol. The van der Waals surface area contributed by atoms with Gasteiger partial charge in [0.15, 0.2) is 5.78 Å². The van der Waals surface area contributed by atoms with Gasteiger partial charge in [-0.25, -0.2) is 8.78 Å². The molecule has 0 bridgehead atoms. The van der Waals surface area contributed by atoms with Gasteiger partial charge in [0.05, 0.1) is 5.56 Å². The summed E-state index contributed by atoms with van der Waals surface area (Å²) in [5.41, 5.74) is -0.570. The fraction of sp³-hybridized carbons (Fsp3) is 0.364. The van der Waals surface area contributed by atoms with Crippen molar-refractivity contribution >= 4 is 5.78 Å². The highest BCUT2D eigenvalue weighted by Gasteiger charge is 2.45. The highest BCUT2D eigenvalue weighted by atomic mass is 19.1. The maximum Gasteiger partial charge on any atom is 0.171 e. The summed E-state index contributed by atoms with van der Waals surface area (Å²) < 4.78 is 26.0. The third kappa shape index (κ3) is 1.43. The Morgan fingerprint density at radius 1 is 1.36 bits per heavy atom. The van der Waals surface area contributed by atoms with Crippen LogP contribution in [0.2, 0.25) is 0 Å². The van der Waals surface area contributed by atoms with Crippen LogP contribution in [-0.4, -0.2) is 5.78 Å². The zero-order chi connectivity index (χ0) is 10.3. The number of halogens is 2. The highest BCUT2D eigenvalue weighted by molar-refractivity contribution is 6.02. The molecule has 1 saturated carbocycles. The van der Waals surface area contributed by atoms with E-state index in [4.69, 9.17) is 0 Å². The standard InChI is InChI=1S/C11H10F2O/c1-11(4-5-11)10(14)8-6-7(12)2-3-9(8)13/h2-3,6H,4-5H2,1H3. The molecular formula is C11H10F2O. The molecule has 1 aromatic rings. The predicted molar refractivity (Wildman–Crippen MR) is 48.0 cm³/mol. The Labute approximate surface area is 80.7 Å². The molecule has 0 saturated heterocycles. The monoisotopic (exact) mass is 196 g/mol. The minimum Gasteiger partial charge on any atom is -0.293 e. The van der Waals surface area contributed by atoms with Crippen LogP contribution in [0.25, 0.3) is 0 Å². The molecule has 1 aliphatic rings. The normalized spacial score (nSPS) is 17.9. The number of carbonyl (C=O) groups excluding carboxylic acids is 1. The fourth-order valence-electron chi connectivity index (χ4n) is 1.41. The maximum absolute atomic E-state index is 13.2. The van der Waals surface area contributed by atoms with Crippen LogP contribution in [0, 0.1) is 17.0 Å². The van der Waals surface area contributed by atoms with E-state index in [1.807, 2.05) is 0 Å². The Balaban J connectivity index is 2.40. The molecule has 0 atom stereocenters. The van der Waals surface area contributed by atoms with E-state index in [2.05, 4.69) is 0 Å². The zero-order valence-electron chi connectivity index (χ0n) is 7.81.